The van der Waals surface area contributed by atoms with Gasteiger partial charge in [0, 0.05) is 17.7 Å². The number of nitrogen functional groups attached to an aromatic ring is 1. The molecular weight excluding hydrogens is 198 g/mol. The number of benzene rings is 2. The highest BCUT2D eigenvalue weighted by molar-refractivity contribution is 5.98. The van der Waals surface area contributed by atoms with E-state index >= 15 is 0 Å². The van der Waals surface area contributed by atoms with E-state index in [0.717, 1.165) is 11.1 Å². The maximum atomic E-state index is 11.9. The van der Waals surface area contributed by atoms with E-state index < -0.39 is 0 Å². The third-order valence-corrected chi connectivity index (χ3v) is 2.50. The first-order chi connectivity index (χ1) is 7.77. The lowest BCUT2D eigenvalue weighted by molar-refractivity contribution is 0.0993. The van der Waals surface area contributed by atoms with Crippen LogP contribution < -0.4 is 5.73 Å². The van der Waals surface area contributed by atoms with Crippen LogP contribution in [-0.2, 0) is 6.42 Å². The summed E-state index contributed by atoms with van der Waals surface area (Å²) in [7, 11) is 0. The Hall–Kier alpha value is -2.09. The maximum Gasteiger partial charge on any atom is 0.167 e. The number of para-hydroxylation sites is 1. The van der Waals surface area contributed by atoms with Gasteiger partial charge in [-0.2, -0.15) is 0 Å². The lowest BCUT2D eigenvalue weighted by atomic mass is 10.0. The van der Waals surface area contributed by atoms with Crippen molar-refractivity contribution in [2.75, 3.05) is 5.73 Å². The molecular formula is C14H13NO. The van der Waals surface area contributed by atoms with Crippen molar-refractivity contribution in [2.45, 2.75) is 6.42 Å². The van der Waals surface area contributed by atoms with Gasteiger partial charge < -0.3 is 5.73 Å². The van der Waals surface area contributed by atoms with Gasteiger partial charge in [-0.3, -0.25) is 4.79 Å². The van der Waals surface area contributed by atoms with Gasteiger partial charge in [0.2, 0.25) is 0 Å². The first-order valence-corrected chi connectivity index (χ1v) is 5.19. The number of anilines is 1. The van der Waals surface area contributed by atoms with E-state index in [1.807, 2.05) is 54.6 Å². The number of hydrogen-bond acceptors (Lipinski definition) is 2. The molecule has 80 valence electrons. The minimum Gasteiger partial charge on any atom is -0.398 e. The van der Waals surface area contributed by atoms with Crippen molar-refractivity contribution in [2.24, 2.45) is 0 Å². The molecule has 0 aromatic heterocycles. The van der Waals surface area contributed by atoms with E-state index in [1.54, 1.807) is 0 Å². The molecule has 16 heavy (non-hydrogen) atoms. The van der Waals surface area contributed by atoms with Crippen LogP contribution in [0.15, 0.2) is 54.6 Å². The Kier molecular flexibility index (Phi) is 3.01. The van der Waals surface area contributed by atoms with E-state index in [2.05, 4.69) is 0 Å². The quantitative estimate of drug-likeness (QED) is 0.626. The minimum atomic E-state index is 0.0958. The fraction of sp³-hybridized carbons (Fsp3) is 0.0714. The van der Waals surface area contributed by atoms with Crippen molar-refractivity contribution in [1.29, 1.82) is 0 Å². The predicted octanol–water partition coefficient (Wildman–Crippen LogP) is 2.69. The minimum absolute atomic E-state index is 0.0958. The Morgan fingerprint density at radius 1 is 0.938 bits per heavy atom. The zero-order valence-corrected chi connectivity index (χ0v) is 8.89. The van der Waals surface area contributed by atoms with E-state index in [0.29, 0.717) is 12.1 Å². The SMILES string of the molecule is Nc1ccccc1CC(=O)c1ccccc1. The largest absolute Gasteiger partial charge is 0.398 e. The monoisotopic (exact) mass is 211 g/mol. The van der Waals surface area contributed by atoms with Gasteiger partial charge in [0.25, 0.3) is 0 Å². The summed E-state index contributed by atoms with van der Waals surface area (Å²) < 4.78 is 0. The van der Waals surface area contributed by atoms with Crippen LogP contribution in [0.3, 0.4) is 0 Å². The molecule has 0 spiro atoms. The van der Waals surface area contributed by atoms with Gasteiger partial charge in [-0.15, -0.1) is 0 Å². The van der Waals surface area contributed by atoms with Crippen molar-refractivity contribution in [3.8, 4) is 0 Å². The molecule has 2 rings (SSSR count). The van der Waals surface area contributed by atoms with Crippen LogP contribution in [-0.4, -0.2) is 5.78 Å². The van der Waals surface area contributed by atoms with Crippen molar-refractivity contribution < 1.29 is 4.79 Å². The summed E-state index contributed by atoms with van der Waals surface area (Å²) in [6.07, 6.45) is 0.358. The number of ketones is 1. The van der Waals surface area contributed by atoms with Crippen LogP contribution in [0.5, 0.6) is 0 Å². The molecule has 0 radical (unpaired) electrons. The zero-order valence-electron chi connectivity index (χ0n) is 8.89. The second kappa shape index (κ2) is 4.62. The average molecular weight is 211 g/mol. The fourth-order valence-electron chi connectivity index (χ4n) is 1.59. The molecule has 2 heteroatoms. The molecule has 0 saturated carbocycles. The standard InChI is InChI=1S/C14H13NO/c15-13-9-5-4-8-12(13)10-14(16)11-6-2-1-3-7-11/h1-9H,10,15H2. The van der Waals surface area contributed by atoms with Gasteiger partial charge in [-0.1, -0.05) is 48.5 Å². The molecule has 0 fully saturated rings. The Bertz CT molecular complexity index is 491. The molecule has 0 atom stereocenters. The Labute approximate surface area is 94.7 Å². The normalized spacial score (nSPS) is 10.0. The van der Waals surface area contributed by atoms with Crippen LogP contribution in [0.25, 0.3) is 0 Å². The highest BCUT2D eigenvalue weighted by atomic mass is 16.1. The fourth-order valence-corrected chi connectivity index (χ4v) is 1.59. The van der Waals surface area contributed by atoms with Gasteiger partial charge in [-0.05, 0) is 11.6 Å². The Morgan fingerprint density at radius 2 is 1.56 bits per heavy atom. The summed E-state index contributed by atoms with van der Waals surface area (Å²) in [5.74, 6) is 0.0958. The van der Waals surface area contributed by atoms with E-state index in [4.69, 9.17) is 5.73 Å². The first kappa shape index (κ1) is 10.4. The second-order valence-electron chi connectivity index (χ2n) is 3.66. The molecule has 0 unspecified atom stereocenters. The lowest BCUT2D eigenvalue weighted by Crippen LogP contribution is -2.05. The third-order valence-electron chi connectivity index (χ3n) is 2.50. The number of carbonyl (C=O) groups excluding carboxylic acids is 1. The first-order valence-electron chi connectivity index (χ1n) is 5.19. The van der Waals surface area contributed by atoms with E-state index in [1.165, 1.54) is 0 Å². The van der Waals surface area contributed by atoms with E-state index in [9.17, 15) is 4.79 Å². The van der Waals surface area contributed by atoms with Gasteiger partial charge >= 0.3 is 0 Å². The number of hydrogen-bond donors (Lipinski definition) is 1. The van der Waals surface area contributed by atoms with Crippen LogP contribution in [0, 0.1) is 0 Å². The van der Waals surface area contributed by atoms with Gasteiger partial charge in [0.05, 0.1) is 0 Å². The van der Waals surface area contributed by atoms with Gasteiger partial charge in [-0.25, -0.2) is 0 Å². The Morgan fingerprint density at radius 3 is 2.25 bits per heavy atom. The molecule has 0 amide bonds. The van der Waals surface area contributed by atoms with Crippen LogP contribution in [0.4, 0.5) is 5.69 Å². The second-order valence-corrected chi connectivity index (χ2v) is 3.66. The number of rotatable bonds is 3. The topological polar surface area (TPSA) is 43.1 Å². The Balaban J connectivity index is 2.18. The average Bonchev–Trinajstić information content (AvgIpc) is 2.33. The number of Topliss-reactive ketones (excluding diaryl/α,β-unsaturated/α-hetero) is 1. The number of carbonyl (C=O) groups is 1. The third kappa shape index (κ3) is 2.28. The summed E-state index contributed by atoms with van der Waals surface area (Å²) >= 11 is 0. The van der Waals surface area contributed by atoms with Crippen molar-refractivity contribution in [3.63, 3.8) is 0 Å². The molecule has 0 aliphatic carbocycles. The molecule has 2 aromatic rings. The van der Waals surface area contributed by atoms with E-state index in [-0.39, 0.29) is 5.78 Å². The summed E-state index contributed by atoms with van der Waals surface area (Å²) in [4.78, 5) is 11.9. The number of nitrogens with two attached hydrogens (primary N) is 1. The molecule has 2 N–H and O–H groups in total. The molecule has 0 aliphatic rings. The molecule has 0 aliphatic heterocycles. The lowest BCUT2D eigenvalue weighted by Gasteiger charge is -2.04. The smallest absolute Gasteiger partial charge is 0.167 e. The summed E-state index contributed by atoms with van der Waals surface area (Å²) in [6.45, 7) is 0. The van der Waals surface area contributed by atoms with Crippen molar-refractivity contribution in [1.82, 2.24) is 0 Å². The van der Waals surface area contributed by atoms with Crippen molar-refractivity contribution >= 4 is 11.5 Å². The molecule has 0 bridgehead atoms. The van der Waals surface area contributed by atoms with Gasteiger partial charge in [0.1, 0.15) is 0 Å². The predicted molar refractivity (Wildman–Crippen MR) is 65.3 cm³/mol. The van der Waals surface area contributed by atoms with Crippen molar-refractivity contribution in [3.05, 3.63) is 65.7 Å². The molecule has 0 heterocycles. The molecule has 2 nitrogen and oxygen atoms in total. The highest BCUT2D eigenvalue weighted by Gasteiger charge is 2.07. The maximum absolute atomic E-state index is 11.9. The molecule has 0 saturated heterocycles. The van der Waals surface area contributed by atoms with Crippen LogP contribution in [0.1, 0.15) is 15.9 Å². The zero-order chi connectivity index (χ0) is 11.4. The van der Waals surface area contributed by atoms with Gasteiger partial charge in [0.15, 0.2) is 5.78 Å². The van der Waals surface area contributed by atoms with Crippen LogP contribution >= 0.6 is 0 Å². The van der Waals surface area contributed by atoms with Crippen LogP contribution in [0.2, 0.25) is 0 Å². The summed E-state index contributed by atoms with van der Waals surface area (Å²) in [5, 5.41) is 0. The summed E-state index contributed by atoms with van der Waals surface area (Å²) in [5.41, 5.74) is 8.08. The summed E-state index contributed by atoms with van der Waals surface area (Å²) in [6, 6.07) is 16.7. The molecule has 2 aromatic carbocycles. The highest BCUT2D eigenvalue weighted by Crippen LogP contribution is 2.13.